The van der Waals surface area contributed by atoms with Crippen molar-refractivity contribution in [3.8, 4) is 0 Å². The summed E-state index contributed by atoms with van der Waals surface area (Å²) in [6.45, 7) is 5.02. The van der Waals surface area contributed by atoms with Gasteiger partial charge >= 0.3 is 29.8 Å². The van der Waals surface area contributed by atoms with Gasteiger partial charge in [-0.2, -0.15) is 0 Å². The third-order valence-electron chi connectivity index (χ3n) is 10.7. The Hall–Kier alpha value is -5.41. The SMILES string of the molecule is COC(=O)[C@@]1(OC[C@H]2O[C@@H](OC)[C@H](OCc3ccccc3)[C@@H](OCc3ccccc3)[C@H]2OCc2ccccc2)C[C@H](OC(C)=O)[C@@H](NC(C)=O)[C@H]([C@H](OC(C)=O)[C@@H](COC(C)=O)OC(C)=O)S1. The molecule has 2 fully saturated rings. The van der Waals surface area contributed by atoms with E-state index < -0.39 is 121 Å². The van der Waals surface area contributed by atoms with E-state index in [9.17, 15) is 28.8 Å². The summed E-state index contributed by atoms with van der Waals surface area (Å²) in [6.07, 6.45) is -9.75. The van der Waals surface area contributed by atoms with E-state index in [1.807, 2.05) is 91.0 Å². The predicted molar refractivity (Wildman–Crippen MR) is 238 cm³/mol. The molecule has 0 radical (unpaired) electrons. The van der Waals surface area contributed by atoms with E-state index in [0.717, 1.165) is 63.3 Å². The molecule has 2 heterocycles. The van der Waals surface area contributed by atoms with Crippen molar-refractivity contribution in [1.29, 1.82) is 0 Å². The lowest BCUT2D eigenvalue weighted by Crippen LogP contribution is -2.66. The monoisotopic (exact) mass is 953 g/mol. The number of carbonyl (C=O) groups excluding carboxylic acids is 6. The number of amides is 1. The molecule has 67 heavy (non-hydrogen) atoms. The molecule has 19 heteroatoms. The average molecular weight is 954 g/mol. The lowest BCUT2D eigenvalue weighted by Gasteiger charge is -2.49. The molecule has 3 aromatic rings. The highest BCUT2D eigenvalue weighted by molar-refractivity contribution is 8.02. The zero-order valence-electron chi connectivity index (χ0n) is 38.5. The van der Waals surface area contributed by atoms with Gasteiger partial charge in [0.2, 0.25) is 10.8 Å². The smallest absolute Gasteiger partial charge is 0.348 e. The summed E-state index contributed by atoms with van der Waals surface area (Å²) >= 11 is 0.758. The van der Waals surface area contributed by atoms with E-state index in [4.69, 9.17) is 52.1 Å². The summed E-state index contributed by atoms with van der Waals surface area (Å²) in [7, 11) is 2.58. The number of esters is 5. The fraction of sp³-hybridized carbons (Fsp3) is 0.500. The molecule has 18 nitrogen and oxygen atoms in total. The summed E-state index contributed by atoms with van der Waals surface area (Å²) in [5.41, 5.74) is 2.57. The molecule has 0 saturated carbocycles. The Morgan fingerprint density at radius 3 is 1.67 bits per heavy atom. The van der Waals surface area contributed by atoms with E-state index in [1.54, 1.807) is 0 Å². The van der Waals surface area contributed by atoms with Gasteiger partial charge in [-0.25, -0.2) is 4.79 Å². The van der Waals surface area contributed by atoms with Gasteiger partial charge in [-0.05, 0) is 16.7 Å². The van der Waals surface area contributed by atoms with Crippen LogP contribution >= 0.6 is 11.8 Å². The van der Waals surface area contributed by atoms with Crippen LogP contribution in [0.2, 0.25) is 0 Å². The van der Waals surface area contributed by atoms with Crippen LogP contribution in [0.5, 0.6) is 0 Å². The molecule has 0 bridgehead atoms. The highest BCUT2D eigenvalue weighted by Crippen LogP contribution is 2.47. The number of carbonyl (C=O) groups is 6. The Morgan fingerprint density at radius 1 is 0.687 bits per heavy atom. The van der Waals surface area contributed by atoms with Crippen molar-refractivity contribution in [2.45, 2.75) is 126 Å². The Morgan fingerprint density at radius 2 is 1.21 bits per heavy atom. The van der Waals surface area contributed by atoms with Crippen molar-refractivity contribution in [1.82, 2.24) is 5.32 Å². The van der Waals surface area contributed by atoms with Gasteiger partial charge < -0.3 is 57.4 Å². The van der Waals surface area contributed by atoms with Crippen molar-refractivity contribution >= 4 is 47.5 Å². The predicted octanol–water partition coefficient (Wildman–Crippen LogP) is 4.37. The van der Waals surface area contributed by atoms with Crippen LogP contribution in [-0.2, 0) is 101 Å². The minimum Gasteiger partial charge on any atom is -0.466 e. The molecule has 3 aromatic carbocycles. The summed E-state index contributed by atoms with van der Waals surface area (Å²) in [5.74, 6) is -4.79. The van der Waals surface area contributed by atoms with Crippen molar-refractivity contribution in [2.24, 2.45) is 0 Å². The normalized spacial score (nSPS) is 25.7. The molecule has 11 atom stereocenters. The van der Waals surface area contributed by atoms with Crippen LogP contribution in [0.1, 0.15) is 57.7 Å². The standard InChI is InChI=1S/C48H59NO17S/c1-29(50)49-40-37(63-31(3)52)23-48(47(55)57-7,67-45(40)42(65-33(5)54)38(64-32(4)53)27-58-30(2)51)62-28-39-41(59-24-34-17-11-8-12-18-34)43(60-25-35-19-13-9-14-20-35)44(46(56-6)66-39)61-26-36-21-15-10-16-22-36/h8-22,37-46H,23-28H2,1-7H3,(H,49,50)/t37-,38+,39+,40+,41-,42+,43-,44+,45+,46+,48+/m0/s1. The molecule has 2 aliphatic heterocycles. The highest BCUT2D eigenvalue weighted by atomic mass is 32.2. The molecule has 2 saturated heterocycles. The van der Waals surface area contributed by atoms with Crippen molar-refractivity contribution in [3.05, 3.63) is 108 Å². The highest BCUT2D eigenvalue weighted by Gasteiger charge is 2.60. The molecule has 0 aromatic heterocycles. The maximum Gasteiger partial charge on any atom is 0.348 e. The zero-order valence-corrected chi connectivity index (χ0v) is 39.3. The molecule has 2 aliphatic rings. The van der Waals surface area contributed by atoms with Gasteiger partial charge in [-0.15, -0.1) is 11.8 Å². The second kappa shape index (κ2) is 25.6. The second-order valence-corrected chi connectivity index (χ2v) is 17.2. The first-order chi connectivity index (χ1) is 32.1. The number of methoxy groups -OCH3 is 2. The molecule has 1 amide bonds. The van der Waals surface area contributed by atoms with E-state index >= 15 is 0 Å². The van der Waals surface area contributed by atoms with Crippen LogP contribution < -0.4 is 5.32 Å². The molecular weight excluding hydrogens is 895 g/mol. The van der Waals surface area contributed by atoms with Gasteiger partial charge in [0.15, 0.2) is 18.5 Å². The van der Waals surface area contributed by atoms with Crippen molar-refractivity contribution < 1.29 is 80.9 Å². The van der Waals surface area contributed by atoms with Crippen LogP contribution in [0, 0.1) is 0 Å². The molecule has 5 rings (SSSR count). The van der Waals surface area contributed by atoms with Crippen LogP contribution in [-0.4, -0.2) is 128 Å². The molecule has 364 valence electrons. The third-order valence-corrected chi connectivity index (χ3v) is 12.3. The molecular formula is C48H59NO17S. The first kappa shape index (κ1) is 52.6. The minimum absolute atomic E-state index is 0.0927. The van der Waals surface area contributed by atoms with Crippen LogP contribution in [0.25, 0.3) is 0 Å². The van der Waals surface area contributed by atoms with Crippen LogP contribution in [0.15, 0.2) is 91.0 Å². The number of benzene rings is 3. The Kier molecular flexibility index (Phi) is 20.1. The molecule has 1 N–H and O–H groups in total. The maximum absolute atomic E-state index is 14.4. The number of rotatable bonds is 22. The lowest BCUT2D eigenvalue weighted by atomic mass is 9.93. The average Bonchev–Trinajstić information content (AvgIpc) is 3.30. The number of ether oxygens (including phenoxy) is 11. The Labute approximate surface area is 393 Å². The number of hydrogen-bond acceptors (Lipinski definition) is 18. The zero-order chi connectivity index (χ0) is 48.5. The van der Waals surface area contributed by atoms with E-state index in [2.05, 4.69) is 5.32 Å². The third kappa shape index (κ3) is 15.3. The topological polar surface area (TPSA) is 216 Å². The summed E-state index contributed by atoms with van der Waals surface area (Å²) < 4.78 is 67.1. The van der Waals surface area contributed by atoms with E-state index in [1.165, 1.54) is 14.0 Å². The minimum atomic E-state index is -2.13. The van der Waals surface area contributed by atoms with Gasteiger partial charge in [-0.3, -0.25) is 24.0 Å². The quantitative estimate of drug-likeness (QED) is 0.109. The number of nitrogens with one attached hydrogen (secondary N) is 1. The Bertz CT molecular complexity index is 2080. The maximum atomic E-state index is 14.4. The van der Waals surface area contributed by atoms with Gasteiger partial charge in [0.1, 0.15) is 37.1 Å². The summed E-state index contributed by atoms with van der Waals surface area (Å²) in [5, 5.41) is 1.43. The van der Waals surface area contributed by atoms with Gasteiger partial charge in [0.25, 0.3) is 0 Å². The van der Waals surface area contributed by atoms with Gasteiger partial charge in [-0.1, -0.05) is 91.0 Å². The fourth-order valence-corrected chi connectivity index (χ4v) is 9.60. The first-order valence-electron chi connectivity index (χ1n) is 21.6. The molecule has 0 unspecified atom stereocenters. The first-order valence-corrected chi connectivity index (χ1v) is 22.5. The molecule has 0 spiro atoms. The van der Waals surface area contributed by atoms with Crippen LogP contribution in [0.3, 0.4) is 0 Å². The number of thioether (sulfide) groups is 1. The van der Waals surface area contributed by atoms with Gasteiger partial charge in [0, 0.05) is 48.1 Å². The molecule has 0 aliphatic carbocycles. The van der Waals surface area contributed by atoms with E-state index in [-0.39, 0.29) is 19.8 Å². The second-order valence-electron chi connectivity index (χ2n) is 15.8. The fourth-order valence-electron chi connectivity index (χ4n) is 7.83. The van der Waals surface area contributed by atoms with E-state index in [0.29, 0.717) is 0 Å². The largest absolute Gasteiger partial charge is 0.466 e. The van der Waals surface area contributed by atoms with Crippen molar-refractivity contribution in [3.63, 3.8) is 0 Å². The lowest BCUT2D eigenvalue weighted by molar-refractivity contribution is -0.324. The van der Waals surface area contributed by atoms with Crippen LogP contribution in [0.4, 0.5) is 0 Å². The summed E-state index contributed by atoms with van der Waals surface area (Å²) in [6, 6.07) is 27.2. The van der Waals surface area contributed by atoms with Gasteiger partial charge in [0.05, 0.1) is 44.8 Å². The number of hydrogen-bond donors (Lipinski definition) is 1. The Balaban J connectivity index is 1.60. The van der Waals surface area contributed by atoms with Crippen molar-refractivity contribution in [2.75, 3.05) is 27.4 Å². The summed E-state index contributed by atoms with van der Waals surface area (Å²) in [4.78, 5) is 75.3.